The van der Waals surface area contributed by atoms with Crippen LogP contribution in [0, 0.1) is 12.3 Å². The summed E-state index contributed by atoms with van der Waals surface area (Å²) >= 11 is 0. The summed E-state index contributed by atoms with van der Waals surface area (Å²) in [6.45, 7) is 6.58. The number of nitrogens with zero attached hydrogens (tertiary/aromatic N) is 3. The monoisotopic (exact) mass is 275 g/mol. The van der Waals surface area contributed by atoms with Crippen LogP contribution in [0.4, 0.5) is 11.8 Å². The molecule has 0 unspecified atom stereocenters. The van der Waals surface area contributed by atoms with Gasteiger partial charge in [0.25, 0.3) is 0 Å². The van der Waals surface area contributed by atoms with Crippen molar-refractivity contribution in [3.8, 4) is 0 Å². The molecule has 5 nitrogen and oxygen atoms in total. The minimum atomic E-state index is 0.581. The molecule has 110 valence electrons. The zero-order valence-electron chi connectivity index (χ0n) is 12.6. The Balaban J connectivity index is 1.70. The smallest absolute Gasteiger partial charge is 0.227 e. The van der Waals surface area contributed by atoms with Gasteiger partial charge in [-0.3, -0.25) is 0 Å². The molecule has 1 spiro atoms. The second-order valence-electron chi connectivity index (χ2n) is 6.18. The van der Waals surface area contributed by atoms with Crippen molar-refractivity contribution < 1.29 is 0 Å². The van der Waals surface area contributed by atoms with Crippen LogP contribution in [0.2, 0.25) is 0 Å². The Morgan fingerprint density at radius 3 is 2.50 bits per heavy atom. The molecule has 0 saturated carbocycles. The minimum Gasteiger partial charge on any atom is -0.373 e. The lowest BCUT2D eigenvalue weighted by molar-refractivity contribution is 0.154. The van der Waals surface area contributed by atoms with Crippen molar-refractivity contribution in [1.29, 1.82) is 0 Å². The molecular weight excluding hydrogens is 250 g/mol. The van der Waals surface area contributed by atoms with E-state index < -0.39 is 0 Å². The zero-order valence-corrected chi connectivity index (χ0v) is 12.6. The lowest BCUT2D eigenvalue weighted by Crippen LogP contribution is -2.46. The van der Waals surface area contributed by atoms with Crippen LogP contribution >= 0.6 is 0 Å². The van der Waals surface area contributed by atoms with Gasteiger partial charge >= 0.3 is 0 Å². The van der Waals surface area contributed by atoms with Crippen molar-refractivity contribution in [3.63, 3.8) is 0 Å². The summed E-state index contributed by atoms with van der Waals surface area (Å²) < 4.78 is 0. The fourth-order valence-electron chi connectivity index (χ4n) is 3.46. The molecule has 3 rings (SSSR count). The van der Waals surface area contributed by atoms with Gasteiger partial charge in [0.2, 0.25) is 5.95 Å². The van der Waals surface area contributed by atoms with Crippen LogP contribution in [0.3, 0.4) is 0 Å². The van der Waals surface area contributed by atoms with Gasteiger partial charge in [0.15, 0.2) is 0 Å². The van der Waals surface area contributed by atoms with E-state index in [9.17, 15) is 0 Å². The molecule has 0 amide bonds. The number of aromatic nitrogens is 2. The molecule has 2 N–H and O–H groups in total. The summed E-state index contributed by atoms with van der Waals surface area (Å²) in [5.41, 5.74) is 1.61. The molecule has 1 aromatic heterocycles. The summed E-state index contributed by atoms with van der Waals surface area (Å²) in [5.74, 6) is 1.80. The van der Waals surface area contributed by atoms with E-state index in [-0.39, 0.29) is 0 Å². The second-order valence-corrected chi connectivity index (χ2v) is 6.18. The maximum Gasteiger partial charge on any atom is 0.227 e. The SMILES string of the molecule is CNc1cc(C)nc(N2CCC3(CCNCC3)CC2)n1. The third-order valence-electron chi connectivity index (χ3n) is 4.87. The predicted molar refractivity (Wildman–Crippen MR) is 82.3 cm³/mol. The molecule has 1 aromatic rings. The average molecular weight is 275 g/mol. The maximum atomic E-state index is 4.60. The molecule has 20 heavy (non-hydrogen) atoms. The van der Waals surface area contributed by atoms with E-state index in [1.807, 2.05) is 20.0 Å². The molecule has 2 saturated heterocycles. The Morgan fingerprint density at radius 2 is 1.85 bits per heavy atom. The van der Waals surface area contributed by atoms with E-state index in [0.29, 0.717) is 5.41 Å². The lowest BCUT2D eigenvalue weighted by Gasteiger charge is -2.44. The van der Waals surface area contributed by atoms with Gasteiger partial charge in [-0.15, -0.1) is 0 Å². The largest absolute Gasteiger partial charge is 0.373 e. The van der Waals surface area contributed by atoms with E-state index in [4.69, 9.17) is 0 Å². The lowest BCUT2D eigenvalue weighted by atomic mass is 9.72. The average Bonchev–Trinajstić information content (AvgIpc) is 2.48. The molecular formula is C15H25N5. The van der Waals surface area contributed by atoms with Crippen molar-refractivity contribution in [2.45, 2.75) is 32.6 Å². The van der Waals surface area contributed by atoms with Crippen molar-refractivity contribution in [2.24, 2.45) is 5.41 Å². The van der Waals surface area contributed by atoms with Crippen LogP contribution in [0.25, 0.3) is 0 Å². The van der Waals surface area contributed by atoms with E-state index in [1.54, 1.807) is 0 Å². The Morgan fingerprint density at radius 1 is 1.15 bits per heavy atom. The minimum absolute atomic E-state index is 0.581. The molecule has 0 atom stereocenters. The van der Waals surface area contributed by atoms with Gasteiger partial charge in [0.1, 0.15) is 5.82 Å². The Bertz CT molecular complexity index is 457. The zero-order chi connectivity index (χ0) is 14.0. The highest BCUT2D eigenvalue weighted by Gasteiger charge is 2.36. The maximum absolute atomic E-state index is 4.60. The number of piperidine rings is 2. The highest BCUT2D eigenvalue weighted by molar-refractivity contribution is 5.43. The Hall–Kier alpha value is -1.36. The van der Waals surface area contributed by atoms with Crippen molar-refractivity contribution >= 4 is 11.8 Å². The fraction of sp³-hybridized carbons (Fsp3) is 0.733. The third-order valence-corrected chi connectivity index (χ3v) is 4.87. The molecule has 0 aromatic carbocycles. The first kappa shape index (κ1) is 13.6. The topological polar surface area (TPSA) is 53.1 Å². The molecule has 2 fully saturated rings. The first-order valence-corrected chi connectivity index (χ1v) is 7.70. The number of nitrogens with one attached hydrogen (secondary N) is 2. The molecule has 5 heteroatoms. The summed E-state index contributed by atoms with van der Waals surface area (Å²) in [4.78, 5) is 11.6. The highest BCUT2D eigenvalue weighted by Crippen LogP contribution is 2.40. The van der Waals surface area contributed by atoms with E-state index in [0.717, 1.165) is 30.5 Å². The number of hydrogen-bond donors (Lipinski definition) is 2. The van der Waals surface area contributed by atoms with Crippen LogP contribution < -0.4 is 15.5 Å². The standard InChI is InChI=1S/C15H25N5/c1-12-11-13(16-2)19-14(18-12)20-9-5-15(6-10-20)3-7-17-8-4-15/h11,17H,3-10H2,1-2H3,(H,16,18,19). The van der Waals surface area contributed by atoms with Crippen LogP contribution in [0.5, 0.6) is 0 Å². The first-order valence-electron chi connectivity index (χ1n) is 7.70. The summed E-state index contributed by atoms with van der Waals surface area (Å²) in [7, 11) is 1.91. The van der Waals surface area contributed by atoms with Crippen LogP contribution in [-0.2, 0) is 0 Å². The van der Waals surface area contributed by atoms with E-state index >= 15 is 0 Å². The van der Waals surface area contributed by atoms with Crippen molar-refractivity contribution in [1.82, 2.24) is 15.3 Å². The molecule has 2 aliphatic rings. The van der Waals surface area contributed by atoms with Gasteiger partial charge in [-0.1, -0.05) is 0 Å². The Kier molecular flexibility index (Phi) is 3.78. The molecule has 3 heterocycles. The number of rotatable bonds is 2. The number of anilines is 2. The van der Waals surface area contributed by atoms with E-state index in [2.05, 4.69) is 25.5 Å². The second kappa shape index (κ2) is 5.56. The summed E-state index contributed by atoms with van der Waals surface area (Å²) in [6, 6.07) is 1.99. The van der Waals surface area contributed by atoms with Crippen LogP contribution in [0.1, 0.15) is 31.4 Å². The third kappa shape index (κ3) is 2.73. The first-order chi connectivity index (χ1) is 9.71. The highest BCUT2D eigenvalue weighted by atomic mass is 15.3. The Labute approximate surface area is 121 Å². The fourth-order valence-corrected chi connectivity index (χ4v) is 3.46. The quantitative estimate of drug-likeness (QED) is 0.862. The molecule has 0 bridgehead atoms. The molecule has 2 aliphatic heterocycles. The number of hydrogen-bond acceptors (Lipinski definition) is 5. The van der Waals surface area contributed by atoms with Crippen molar-refractivity contribution in [3.05, 3.63) is 11.8 Å². The van der Waals surface area contributed by atoms with Gasteiger partial charge in [-0.05, 0) is 51.1 Å². The van der Waals surface area contributed by atoms with Gasteiger partial charge in [0.05, 0.1) is 0 Å². The van der Waals surface area contributed by atoms with Gasteiger partial charge < -0.3 is 15.5 Å². The predicted octanol–water partition coefficient (Wildman–Crippen LogP) is 1.80. The van der Waals surface area contributed by atoms with Gasteiger partial charge in [-0.25, -0.2) is 4.98 Å². The van der Waals surface area contributed by atoms with Crippen LogP contribution in [0.15, 0.2) is 6.07 Å². The normalized spacial score (nSPS) is 22.0. The van der Waals surface area contributed by atoms with Gasteiger partial charge in [0, 0.05) is 31.9 Å². The summed E-state index contributed by atoms with van der Waals surface area (Å²) in [6.07, 6.45) is 5.22. The number of aryl methyl sites for hydroxylation is 1. The van der Waals surface area contributed by atoms with Gasteiger partial charge in [-0.2, -0.15) is 4.98 Å². The molecule has 0 radical (unpaired) electrons. The van der Waals surface area contributed by atoms with Crippen LogP contribution in [-0.4, -0.2) is 43.2 Å². The molecule has 0 aliphatic carbocycles. The van der Waals surface area contributed by atoms with E-state index in [1.165, 1.54) is 38.8 Å². The summed E-state index contributed by atoms with van der Waals surface area (Å²) in [5, 5.41) is 6.59. The van der Waals surface area contributed by atoms with Crippen molar-refractivity contribution in [2.75, 3.05) is 43.4 Å².